The molecule has 0 fully saturated rings. The van der Waals surface area contributed by atoms with Gasteiger partial charge in [0.05, 0.1) is 16.8 Å². The fourth-order valence-corrected chi connectivity index (χ4v) is 3.86. The zero-order valence-electron chi connectivity index (χ0n) is 17.6. The molecule has 0 spiro atoms. The van der Waals surface area contributed by atoms with Crippen LogP contribution in [0.25, 0.3) is 0 Å². The summed E-state index contributed by atoms with van der Waals surface area (Å²) in [5.74, 6) is -0.852. The topological polar surface area (TPSA) is 99.6 Å². The van der Waals surface area contributed by atoms with Gasteiger partial charge in [0.25, 0.3) is 10.0 Å². The minimum Gasteiger partial charge on any atom is -0.478 e. The molecular weight excluding hydrogens is 390 g/mol. The van der Waals surface area contributed by atoms with Gasteiger partial charge in [-0.05, 0) is 35.6 Å². The Morgan fingerprint density at radius 3 is 2.34 bits per heavy atom. The van der Waals surface area contributed by atoms with E-state index in [2.05, 4.69) is 9.71 Å². The fourth-order valence-electron chi connectivity index (χ4n) is 2.82. The lowest BCUT2D eigenvalue weighted by Crippen LogP contribution is -2.23. The van der Waals surface area contributed by atoms with Crippen molar-refractivity contribution in [1.82, 2.24) is 4.98 Å². The molecule has 8 heteroatoms. The Hall–Kier alpha value is -2.61. The van der Waals surface area contributed by atoms with E-state index < -0.39 is 16.0 Å². The first-order valence-corrected chi connectivity index (χ1v) is 11.0. The zero-order chi connectivity index (χ0) is 21.8. The maximum Gasteiger partial charge on any atom is 0.339 e. The third kappa shape index (κ3) is 5.69. The number of hydrogen-bond acceptors (Lipinski definition) is 5. The second kappa shape index (κ2) is 8.82. The van der Waals surface area contributed by atoms with Crippen LogP contribution in [0.15, 0.2) is 41.4 Å². The van der Waals surface area contributed by atoms with Gasteiger partial charge in [-0.3, -0.25) is 4.72 Å². The molecule has 0 saturated carbocycles. The number of nitrogens with one attached hydrogen (secondary N) is 1. The predicted molar refractivity (Wildman–Crippen MR) is 115 cm³/mol. The molecule has 158 valence electrons. The van der Waals surface area contributed by atoms with Crippen molar-refractivity contribution in [3.05, 3.63) is 47.7 Å². The van der Waals surface area contributed by atoms with Crippen molar-refractivity contribution >= 4 is 27.5 Å². The number of aromatic carboxylic acids is 1. The first-order valence-electron chi connectivity index (χ1n) is 9.53. The maximum atomic E-state index is 12.7. The van der Waals surface area contributed by atoms with Gasteiger partial charge < -0.3 is 10.0 Å². The average molecular weight is 420 g/mol. The normalized spacial score (nSPS) is 11.9. The summed E-state index contributed by atoms with van der Waals surface area (Å²) in [5.41, 5.74) is 0.989. The lowest BCUT2D eigenvalue weighted by atomic mass is 9.87. The third-order valence-corrected chi connectivity index (χ3v) is 5.99. The molecule has 0 aliphatic carbocycles. The quantitative estimate of drug-likeness (QED) is 0.668. The summed E-state index contributed by atoms with van der Waals surface area (Å²) in [4.78, 5) is 17.7. The molecule has 0 atom stereocenters. The van der Waals surface area contributed by atoms with Gasteiger partial charge in [-0.1, -0.05) is 46.2 Å². The van der Waals surface area contributed by atoms with Crippen molar-refractivity contribution in [1.29, 1.82) is 0 Å². The van der Waals surface area contributed by atoms with Gasteiger partial charge in [0.1, 0.15) is 11.4 Å². The Morgan fingerprint density at radius 1 is 1.21 bits per heavy atom. The Morgan fingerprint density at radius 2 is 1.83 bits per heavy atom. The number of carbonyl (C=O) groups is 1. The van der Waals surface area contributed by atoms with E-state index in [-0.39, 0.29) is 21.6 Å². The van der Waals surface area contributed by atoms with E-state index in [4.69, 9.17) is 0 Å². The number of sulfonamides is 1. The summed E-state index contributed by atoms with van der Waals surface area (Å²) in [7, 11) is -2.09. The summed E-state index contributed by atoms with van der Waals surface area (Å²) >= 11 is 0. The van der Waals surface area contributed by atoms with Crippen molar-refractivity contribution in [3.63, 3.8) is 0 Å². The van der Waals surface area contributed by atoms with Crippen LogP contribution >= 0.6 is 0 Å². The highest BCUT2D eigenvalue weighted by Crippen LogP contribution is 2.26. The molecule has 2 N–H and O–H groups in total. The Kier molecular flexibility index (Phi) is 6.89. The number of anilines is 2. The van der Waals surface area contributed by atoms with Crippen LogP contribution in [-0.2, 0) is 15.4 Å². The smallest absolute Gasteiger partial charge is 0.339 e. The monoisotopic (exact) mass is 419 g/mol. The average Bonchev–Trinajstić information content (AvgIpc) is 2.65. The van der Waals surface area contributed by atoms with Crippen LogP contribution in [0.5, 0.6) is 0 Å². The lowest BCUT2D eigenvalue weighted by Gasteiger charge is -2.20. The molecule has 0 aliphatic rings. The molecule has 2 aromatic rings. The number of carboxylic acid groups (broad SMARTS) is 1. The SMILES string of the molecule is CCCCN(C)c1ncc(NS(=O)(=O)c2ccc(C(C)(C)C)cc2)cc1C(=O)O. The van der Waals surface area contributed by atoms with Gasteiger partial charge in [0, 0.05) is 13.6 Å². The Balaban J connectivity index is 2.30. The zero-order valence-corrected chi connectivity index (χ0v) is 18.4. The molecule has 0 bridgehead atoms. The second-order valence-corrected chi connectivity index (χ2v) is 9.74. The van der Waals surface area contributed by atoms with Gasteiger partial charge >= 0.3 is 5.97 Å². The van der Waals surface area contributed by atoms with Crippen LogP contribution in [-0.4, -0.2) is 38.1 Å². The fraction of sp³-hybridized carbons (Fsp3) is 0.429. The maximum absolute atomic E-state index is 12.7. The largest absolute Gasteiger partial charge is 0.478 e. The van der Waals surface area contributed by atoms with E-state index in [1.54, 1.807) is 36.2 Å². The van der Waals surface area contributed by atoms with E-state index in [1.165, 1.54) is 12.3 Å². The van der Waals surface area contributed by atoms with E-state index in [0.29, 0.717) is 12.4 Å². The van der Waals surface area contributed by atoms with E-state index >= 15 is 0 Å². The van der Waals surface area contributed by atoms with Crippen molar-refractivity contribution in [2.24, 2.45) is 0 Å². The number of unbranched alkanes of at least 4 members (excludes halogenated alkanes) is 1. The standard InChI is InChI=1S/C21H29N3O4S/c1-6-7-12-24(5)19-18(20(25)26)13-16(14-22-19)23-29(27,28)17-10-8-15(9-11-17)21(2,3)4/h8-11,13-14,23H,6-7,12H2,1-5H3,(H,25,26). The molecule has 0 radical (unpaired) electrons. The summed E-state index contributed by atoms with van der Waals surface area (Å²) in [6.45, 7) is 8.85. The van der Waals surface area contributed by atoms with Crippen LogP contribution in [0.4, 0.5) is 11.5 Å². The van der Waals surface area contributed by atoms with Crippen molar-refractivity contribution < 1.29 is 18.3 Å². The van der Waals surface area contributed by atoms with Crippen LogP contribution in [0.3, 0.4) is 0 Å². The van der Waals surface area contributed by atoms with Gasteiger partial charge in [-0.25, -0.2) is 18.2 Å². The molecule has 0 amide bonds. The highest BCUT2D eigenvalue weighted by Gasteiger charge is 2.20. The molecular formula is C21H29N3O4S. The van der Waals surface area contributed by atoms with Gasteiger partial charge in [-0.2, -0.15) is 0 Å². The molecule has 2 rings (SSSR count). The highest BCUT2D eigenvalue weighted by molar-refractivity contribution is 7.92. The Bertz CT molecular complexity index is 964. The van der Waals surface area contributed by atoms with Crippen LogP contribution in [0.2, 0.25) is 0 Å². The molecule has 1 aromatic carbocycles. The van der Waals surface area contributed by atoms with Crippen molar-refractivity contribution in [2.75, 3.05) is 23.2 Å². The summed E-state index contributed by atoms with van der Waals surface area (Å²) < 4.78 is 27.8. The molecule has 0 unspecified atom stereocenters. The van der Waals surface area contributed by atoms with Crippen molar-refractivity contribution in [2.45, 2.75) is 50.8 Å². The Labute approximate surface area is 172 Å². The van der Waals surface area contributed by atoms with Gasteiger partial charge in [-0.15, -0.1) is 0 Å². The van der Waals surface area contributed by atoms with Gasteiger partial charge in [0.2, 0.25) is 0 Å². The summed E-state index contributed by atoms with van der Waals surface area (Å²) in [6, 6.07) is 7.94. The first-order chi connectivity index (χ1) is 13.5. The van der Waals surface area contributed by atoms with Crippen LogP contribution in [0.1, 0.15) is 56.5 Å². The molecule has 1 heterocycles. The van der Waals surface area contributed by atoms with Gasteiger partial charge in [0.15, 0.2) is 0 Å². The van der Waals surface area contributed by atoms with Crippen molar-refractivity contribution in [3.8, 4) is 0 Å². The minimum absolute atomic E-state index is 0.0492. The minimum atomic E-state index is -3.86. The first kappa shape index (κ1) is 22.7. The molecule has 29 heavy (non-hydrogen) atoms. The lowest BCUT2D eigenvalue weighted by molar-refractivity contribution is 0.0697. The van der Waals surface area contributed by atoms with E-state index in [9.17, 15) is 18.3 Å². The number of benzene rings is 1. The van der Waals surface area contributed by atoms with E-state index in [0.717, 1.165) is 18.4 Å². The number of carboxylic acids is 1. The van der Waals surface area contributed by atoms with E-state index in [1.807, 2.05) is 27.7 Å². The summed E-state index contributed by atoms with van der Waals surface area (Å²) in [5, 5.41) is 9.54. The number of rotatable bonds is 8. The second-order valence-electron chi connectivity index (χ2n) is 8.06. The number of nitrogens with zero attached hydrogens (tertiary/aromatic N) is 2. The predicted octanol–water partition coefficient (Wildman–Crippen LogP) is 4.11. The molecule has 1 aromatic heterocycles. The number of aromatic nitrogens is 1. The highest BCUT2D eigenvalue weighted by atomic mass is 32.2. The molecule has 0 saturated heterocycles. The number of pyridine rings is 1. The van der Waals surface area contributed by atoms with Crippen LogP contribution in [0, 0.1) is 0 Å². The van der Waals surface area contributed by atoms with Crippen LogP contribution < -0.4 is 9.62 Å². The molecule has 0 aliphatic heterocycles. The molecule has 7 nitrogen and oxygen atoms in total. The summed E-state index contributed by atoms with van der Waals surface area (Å²) in [6.07, 6.45) is 3.21. The number of hydrogen-bond donors (Lipinski definition) is 2. The third-order valence-electron chi connectivity index (χ3n) is 4.59.